The minimum Gasteiger partial charge on any atom is -0.0955 e. The molecule has 0 N–H and O–H groups in total. The van der Waals surface area contributed by atoms with Gasteiger partial charge in [-0.25, -0.2) is 0 Å². The van der Waals surface area contributed by atoms with Gasteiger partial charge in [-0.3, -0.25) is 0 Å². The molecule has 0 spiro atoms. The van der Waals surface area contributed by atoms with Crippen molar-refractivity contribution in [1.29, 1.82) is 0 Å². The SMILES string of the molecule is C=C(C)/C(C(=C)/C=C/C(=C/C)/C=C(/C)CC)=C(/c1ccccc1)c1ccccc1C. The zero-order chi connectivity index (χ0) is 22.1. The van der Waals surface area contributed by atoms with Crippen LogP contribution in [0.2, 0.25) is 0 Å². The van der Waals surface area contributed by atoms with Crippen LogP contribution < -0.4 is 0 Å². The van der Waals surface area contributed by atoms with E-state index in [1.54, 1.807) is 0 Å². The van der Waals surface area contributed by atoms with E-state index in [9.17, 15) is 0 Å². The van der Waals surface area contributed by atoms with Crippen molar-refractivity contribution in [2.75, 3.05) is 0 Å². The highest BCUT2D eigenvalue weighted by Gasteiger charge is 2.15. The van der Waals surface area contributed by atoms with E-state index < -0.39 is 0 Å². The van der Waals surface area contributed by atoms with E-state index in [2.05, 4.69) is 127 Å². The summed E-state index contributed by atoms with van der Waals surface area (Å²) >= 11 is 0. The molecule has 2 aromatic rings. The van der Waals surface area contributed by atoms with Gasteiger partial charge in [-0.15, -0.1) is 0 Å². The molecule has 154 valence electrons. The van der Waals surface area contributed by atoms with Gasteiger partial charge < -0.3 is 0 Å². The van der Waals surface area contributed by atoms with Crippen LogP contribution in [0.5, 0.6) is 0 Å². The number of aryl methyl sites for hydroxylation is 1. The summed E-state index contributed by atoms with van der Waals surface area (Å²) in [5.41, 5.74) is 10.4. The monoisotopic (exact) mass is 394 g/mol. The van der Waals surface area contributed by atoms with Crippen LogP contribution in [0.3, 0.4) is 0 Å². The molecule has 2 rings (SSSR count). The van der Waals surface area contributed by atoms with Gasteiger partial charge in [-0.2, -0.15) is 0 Å². The number of allylic oxidation sites excluding steroid dienone is 9. The highest BCUT2D eigenvalue weighted by Crippen LogP contribution is 2.35. The lowest BCUT2D eigenvalue weighted by Crippen LogP contribution is -1.99. The Bertz CT molecular complexity index is 1020. The minimum atomic E-state index is 0.964. The standard InChI is InChI=1S/C30H34/c1-8-23(5)21-26(9-2)20-19-25(7)29(22(3)4)30(27-16-11-10-12-17-27)28-18-14-13-15-24(28)6/h9-21H,3,7-8H2,1-2,4-6H3/b20-19+,23-21-,26-9-,30-29+. The van der Waals surface area contributed by atoms with Crippen LogP contribution in [-0.2, 0) is 0 Å². The molecule has 0 atom stereocenters. The molecule has 0 aromatic heterocycles. The highest BCUT2D eigenvalue weighted by molar-refractivity contribution is 5.89. The van der Waals surface area contributed by atoms with E-state index in [-0.39, 0.29) is 0 Å². The van der Waals surface area contributed by atoms with Gasteiger partial charge in [0, 0.05) is 0 Å². The lowest BCUT2D eigenvalue weighted by Gasteiger charge is -2.19. The Balaban J connectivity index is 2.67. The van der Waals surface area contributed by atoms with Crippen molar-refractivity contribution in [2.24, 2.45) is 0 Å². The van der Waals surface area contributed by atoms with Crippen LogP contribution in [-0.4, -0.2) is 0 Å². The Morgan fingerprint density at radius 2 is 1.53 bits per heavy atom. The van der Waals surface area contributed by atoms with Crippen molar-refractivity contribution in [2.45, 2.75) is 41.0 Å². The molecule has 0 saturated carbocycles. The molecule has 30 heavy (non-hydrogen) atoms. The summed E-state index contributed by atoms with van der Waals surface area (Å²) in [6, 6.07) is 19.0. The van der Waals surface area contributed by atoms with Gasteiger partial charge in [0.05, 0.1) is 0 Å². The minimum absolute atomic E-state index is 0.964. The molecule has 0 aliphatic carbocycles. The molecular weight excluding hydrogens is 360 g/mol. The van der Waals surface area contributed by atoms with Crippen LogP contribution in [0.25, 0.3) is 5.57 Å². The van der Waals surface area contributed by atoms with Crippen LogP contribution >= 0.6 is 0 Å². The van der Waals surface area contributed by atoms with E-state index >= 15 is 0 Å². The van der Waals surface area contributed by atoms with Crippen LogP contribution in [0.1, 0.15) is 50.8 Å². The van der Waals surface area contributed by atoms with Crippen molar-refractivity contribution in [1.82, 2.24) is 0 Å². The summed E-state index contributed by atoms with van der Waals surface area (Å²) < 4.78 is 0. The summed E-state index contributed by atoms with van der Waals surface area (Å²) in [6.07, 6.45) is 9.67. The zero-order valence-corrected chi connectivity index (χ0v) is 19.1. The molecule has 0 amide bonds. The average Bonchev–Trinajstić information content (AvgIpc) is 2.75. The molecule has 0 heteroatoms. The Labute approximate surface area is 183 Å². The van der Waals surface area contributed by atoms with Gasteiger partial charge in [-0.05, 0) is 78.7 Å². The third-order valence-corrected chi connectivity index (χ3v) is 5.26. The molecule has 0 aliphatic rings. The lowest BCUT2D eigenvalue weighted by atomic mass is 9.85. The molecule has 0 radical (unpaired) electrons. The number of rotatable bonds is 8. The van der Waals surface area contributed by atoms with Crippen molar-refractivity contribution >= 4 is 5.57 Å². The second kappa shape index (κ2) is 11.2. The molecule has 0 saturated heterocycles. The fraction of sp³-hybridized carbons (Fsp3) is 0.200. The largest absolute Gasteiger partial charge is 0.0955 e. The third-order valence-electron chi connectivity index (χ3n) is 5.26. The maximum Gasteiger partial charge on any atom is -0.00279 e. The van der Waals surface area contributed by atoms with E-state index in [0.717, 1.165) is 23.1 Å². The molecular formula is C30H34. The van der Waals surface area contributed by atoms with Crippen molar-refractivity contribution in [3.63, 3.8) is 0 Å². The maximum absolute atomic E-state index is 4.43. The first-order valence-electron chi connectivity index (χ1n) is 10.6. The topological polar surface area (TPSA) is 0 Å². The van der Waals surface area contributed by atoms with E-state index in [1.807, 2.05) is 0 Å². The zero-order valence-electron chi connectivity index (χ0n) is 19.1. The first-order chi connectivity index (χ1) is 14.4. The average molecular weight is 395 g/mol. The molecule has 0 bridgehead atoms. The second-order valence-corrected chi connectivity index (χ2v) is 7.70. The number of benzene rings is 2. The quantitative estimate of drug-likeness (QED) is 0.392. The Morgan fingerprint density at radius 1 is 0.900 bits per heavy atom. The maximum atomic E-state index is 4.43. The number of hydrogen-bond donors (Lipinski definition) is 0. The van der Waals surface area contributed by atoms with Crippen molar-refractivity contribution in [3.8, 4) is 0 Å². The molecule has 0 nitrogen and oxygen atoms in total. The van der Waals surface area contributed by atoms with Gasteiger partial charge in [0.1, 0.15) is 0 Å². The van der Waals surface area contributed by atoms with Gasteiger partial charge in [0.25, 0.3) is 0 Å². The first kappa shape index (κ1) is 23.2. The summed E-state index contributed by atoms with van der Waals surface area (Å²) in [7, 11) is 0. The van der Waals surface area contributed by atoms with Gasteiger partial charge in [0.15, 0.2) is 0 Å². The molecule has 0 heterocycles. The van der Waals surface area contributed by atoms with Gasteiger partial charge >= 0.3 is 0 Å². The summed E-state index contributed by atoms with van der Waals surface area (Å²) in [5.74, 6) is 0. The predicted molar refractivity (Wildman–Crippen MR) is 135 cm³/mol. The second-order valence-electron chi connectivity index (χ2n) is 7.70. The van der Waals surface area contributed by atoms with E-state index in [4.69, 9.17) is 0 Å². The third kappa shape index (κ3) is 5.94. The van der Waals surface area contributed by atoms with Crippen LogP contribution in [0.4, 0.5) is 0 Å². The Hall–Kier alpha value is -3.12. The molecule has 0 aliphatic heterocycles. The smallest absolute Gasteiger partial charge is 0.00279 e. The van der Waals surface area contributed by atoms with Crippen LogP contribution in [0.15, 0.2) is 120 Å². The highest BCUT2D eigenvalue weighted by atomic mass is 14.2. The lowest BCUT2D eigenvalue weighted by molar-refractivity contribution is 1.10. The molecule has 2 aromatic carbocycles. The Morgan fingerprint density at radius 3 is 2.10 bits per heavy atom. The van der Waals surface area contributed by atoms with Gasteiger partial charge in [0.2, 0.25) is 0 Å². The summed E-state index contributed by atoms with van der Waals surface area (Å²) in [4.78, 5) is 0. The summed E-state index contributed by atoms with van der Waals surface area (Å²) in [5, 5.41) is 0. The molecule has 0 unspecified atom stereocenters. The molecule has 0 fully saturated rings. The fourth-order valence-electron chi connectivity index (χ4n) is 3.44. The van der Waals surface area contributed by atoms with E-state index in [0.29, 0.717) is 0 Å². The van der Waals surface area contributed by atoms with E-state index in [1.165, 1.54) is 33.4 Å². The van der Waals surface area contributed by atoms with Crippen molar-refractivity contribution < 1.29 is 0 Å². The first-order valence-corrected chi connectivity index (χ1v) is 10.6. The number of hydrogen-bond acceptors (Lipinski definition) is 0. The van der Waals surface area contributed by atoms with Gasteiger partial charge in [-0.1, -0.05) is 105 Å². The van der Waals surface area contributed by atoms with Crippen LogP contribution in [0, 0.1) is 6.92 Å². The fourth-order valence-corrected chi connectivity index (χ4v) is 3.44. The van der Waals surface area contributed by atoms with Crippen molar-refractivity contribution in [3.05, 3.63) is 137 Å². The predicted octanol–water partition coefficient (Wildman–Crippen LogP) is 8.79. The normalized spacial score (nSPS) is 13.4. The summed E-state index contributed by atoms with van der Waals surface area (Å²) in [6.45, 7) is 19.4. The Kier molecular flexibility index (Phi) is 8.62.